The number of hydrogen-bond acceptors (Lipinski definition) is 6. The molecule has 0 aliphatic heterocycles. The molecule has 6 heteroatoms. The molecule has 0 unspecified atom stereocenters. The molecule has 0 bridgehead atoms. The van der Waals surface area contributed by atoms with Crippen molar-refractivity contribution in [3.05, 3.63) is 41.8 Å². The van der Waals surface area contributed by atoms with E-state index in [1.807, 2.05) is 0 Å². The first-order valence-corrected chi connectivity index (χ1v) is 5.90. The highest BCUT2D eigenvalue weighted by Crippen LogP contribution is 2.21. The number of nitrogens with zero attached hydrogens (tertiary/aromatic N) is 1. The van der Waals surface area contributed by atoms with Crippen LogP contribution in [0.5, 0.6) is 0 Å². The van der Waals surface area contributed by atoms with Crippen LogP contribution >= 0.6 is 0 Å². The van der Waals surface area contributed by atoms with Crippen molar-refractivity contribution in [2.75, 3.05) is 17.7 Å². The molecule has 2 rings (SSSR count). The van der Waals surface area contributed by atoms with Crippen molar-refractivity contribution in [1.29, 1.82) is 0 Å². The first-order chi connectivity index (χ1) is 9.20. The van der Waals surface area contributed by atoms with Crippen molar-refractivity contribution >= 4 is 17.3 Å². The minimum Gasteiger partial charge on any atom is -0.462 e. The lowest BCUT2D eigenvalue weighted by Crippen LogP contribution is -2.07. The van der Waals surface area contributed by atoms with Gasteiger partial charge in [0, 0.05) is 6.07 Å². The third-order valence-corrected chi connectivity index (χ3v) is 2.51. The van der Waals surface area contributed by atoms with E-state index in [0.29, 0.717) is 30.2 Å². The van der Waals surface area contributed by atoms with Crippen LogP contribution in [0.15, 0.2) is 35.0 Å². The van der Waals surface area contributed by atoms with Gasteiger partial charge in [-0.1, -0.05) is 5.16 Å². The largest absolute Gasteiger partial charge is 0.462 e. The summed E-state index contributed by atoms with van der Waals surface area (Å²) in [6, 6.07) is 6.74. The van der Waals surface area contributed by atoms with Crippen LogP contribution in [-0.4, -0.2) is 17.7 Å². The van der Waals surface area contributed by atoms with Crippen molar-refractivity contribution in [1.82, 2.24) is 5.16 Å². The van der Waals surface area contributed by atoms with Gasteiger partial charge in [0.05, 0.1) is 36.3 Å². The van der Waals surface area contributed by atoms with Gasteiger partial charge in [-0.2, -0.15) is 0 Å². The number of ether oxygens (including phenoxy) is 1. The van der Waals surface area contributed by atoms with Crippen LogP contribution in [0.2, 0.25) is 0 Å². The van der Waals surface area contributed by atoms with Gasteiger partial charge in [-0.15, -0.1) is 0 Å². The van der Waals surface area contributed by atoms with Crippen LogP contribution < -0.4 is 11.1 Å². The number of nitrogens with one attached hydrogen (secondary N) is 1. The second kappa shape index (κ2) is 5.90. The highest BCUT2D eigenvalue weighted by molar-refractivity contribution is 5.91. The normalized spacial score (nSPS) is 10.2. The number of benzene rings is 1. The summed E-state index contributed by atoms with van der Waals surface area (Å²) >= 11 is 0. The Labute approximate surface area is 110 Å². The van der Waals surface area contributed by atoms with Gasteiger partial charge in [-0.25, -0.2) is 4.79 Å². The summed E-state index contributed by atoms with van der Waals surface area (Å²) in [7, 11) is 0. The molecule has 0 spiro atoms. The highest BCUT2D eigenvalue weighted by atomic mass is 16.5. The van der Waals surface area contributed by atoms with E-state index in [-0.39, 0.29) is 5.97 Å². The Kier molecular flexibility index (Phi) is 4.02. The second-order valence-electron chi connectivity index (χ2n) is 3.85. The molecule has 0 saturated carbocycles. The number of anilines is 2. The van der Waals surface area contributed by atoms with E-state index in [9.17, 15) is 4.79 Å². The molecular weight excluding hydrogens is 246 g/mol. The Balaban J connectivity index is 2.04. The molecule has 1 aromatic carbocycles. The zero-order valence-electron chi connectivity index (χ0n) is 10.6. The molecule has 0 aliphatic rings. The van der Waals surface area contributed by atoms with E-state index in [1.54, 1.807) is 37.4 Å². The molecule has 3 N–H and O–H groups in total. The smallest absolute Gasteiger partial charge is 0.338 e. The fourth-order valence-corrected chi connectivity index (χ4v) is 1.58. The van der Waals surface area contributed by atoms with Crippen LogP contribution in [0.4, 0.5) is 11.4 Å². The molecule has 0 radical (unpaired) electrons. The van der Waals surface area contributed by atoms with E-state index in [1.165, 1.54) is 0 Å². The quantitative estimate of drug-likeness (QED) is 0.632. The van der Waals surface area contributed by atoms with Gasteiger partial charge in [0.25, 0.3) is 0 Å². The molecule has 1 aromatic heterocycles. The molecule has 6 nitrogen and oxygen atoms in total. The summed E-state index contributed by atoms with van der Waals surface area (Å²) in [5.41, 5.74) is 7.52. The summed E-state index contributed by atoms with van der Waals surface area (Å²) in [6.07, 6.45) is 1.57. The Morgan fingerprint density at radius 1 is 1.47 bits per heavy atom. The average Bonchev–Trinajstić information content (AvgIpc) is 2.90. The van der Waals surface area contributed by atoms with E-state index in [0.717, 1.165) is 5.69 Å². The summed E-state index contributed by atoms with van der Waals surface area (Å²) in [5.74, 6) is 0.324. The fraction of sp³-hybridized carbons (Fsp3) is 0.231. The molecule has 0 aliphatic carbocycles. The predicted molar refractivity (Wildman–Crippen MR) is 70.6 cm³/mol. The topological polar surface area (TPSA) is 90.4 Å². The van der Waals surface area contributed by atoms with Crippen LogP contribution in [0, 0.1) is 0 Å². The van der Waals surface area contributed by atoms with Crippen molar-refractivity contribution in [3.63, 3.8) is 0 Å². The first-order valence-electron chi connectivity index (χ1n) is 5.90. The van der Waals surface area contributed by atoms with Crippen molar-refractivity contribution in [2.24, 2.45) is 0 Å². The zero-order valence-corrected chi connectivity index (χ0v) is 10.6. The van der Waals surface area contributed by atoms with E-state index in [2.05, 4.69) is 10.5 Å². The number of carbonyl (C=O) groups excluding carboxylic acids is 1. The first kappa shape index (κ1) is 12.9. The van der Waals surface area contributed by atoms with Crippen molar-refractivity contribution < 1.29 is 14.1 Å². The van der Waals surface area contributed by atoms with Crippen LogP contribution in [0.1, 0.15) is 23.0 Å². The highest BCUT2D eigenvalue weighted by Gasteiger charge is 2.09. The third kappa shape index (κ3) is 3.25. The lowest BCUT2D eigenvalue weighted by molar-refractivity contribution is 0.0526. The summed E-state index contributed by atoms with van der Waals surface area (Å²) < 4.78 is 9.87. The van der Waals surface area contributed by atoms with Gasteiger partial charge in [0.15, 0.2) is 5.76 Å². The molecule has 0 saturated heterocycles. The number of rotatable bonds is 5. The fourth-order valence-electron chi connectivity index (χ4n) is 1.58. The van der Waals surface area contributed by atoms with Crippen molar-refractivity contribution in [2.45, 2.75) is 13.5 Å². The van der Waals surface area contributed by atoms with Gasteiger partial charge in [0.2, 0.25) is 0 Å². The Morgan fingerprint density at radius 2 is 2.32 bits per heavy atom. The number of carbonyl (C=O) groups is 1. The maximum absolute atomic E-state index is 11.5. The number of esters is 1. The molecular formula is C13H15N3O3. The third-order valence-electron chi connectivity index (χ3n) is 2.51. The van der Waals surface area contributed by atoms with Gasteiger partial charge in [-0.05, 0) is 25.1 Å². The van der Waals surface area contributed by atoms with Gasteiger partial charge < -0.3 is 20.3 Å². The number of nitrogen functional groups attached to an aromatic ring is 1. The molecule has 2 aromatic rings. The Morgan fingerprint density at radius 3 is 2.95 bits per heavy atom. The number of nitrogens with two attached hydrogens (primary N) is 1. The van der Waals surface area contributed by atoms with Crippen LogP contribution in [-0.2, 0) is 11.3 Å². The summed E-state index contributed by atoms with van der Waals surface area (Å²) in [4.78, 5) is 11.5. The summed E-state index contributed by atoms with van der Waals surface area (Å²) in [5, 5.41) is 6.71. The minimum absolute atomic E-state index is 0.338. The SMILES string of the molecule is CCOC(=O)c1ccc(NCc2ccno2)c(N)c1. The molecule has 0 atom stereocenters. The maximum atomic E-state index is 11.5. The van der Waals surface area contributed by atoms with Crippen LogP contribution in [0.3, 0.4) is 0 Å². The molecule has 19 heavy (non-hydrogen) atoms. The lowest BCUT2D eigenvalue weighted by atomic mass is 10.1. The van der Waals surface area contributed by atoms with Gasteiger partial charge >= 0.3 is 5.97 Å². The molecule has 0 amide bonds. The van der Waals surface area contributed by atoms with Crippen molar-refractivity contribution in [3.8, 4) is 0 Å². The summed E-state index contributed by atoms with van der Waals surface area (Å²) in [6.45, 7) is 2.57. The molecule has 100 valence electrons. The maximum Gasteiger partial charge on any atom is 0.338 e. The predicted octanol–water partition coefficient (Wildman–Crippen LogP) is 2.05. The van der Waals surface area contributed by atoms with Gasteiger partial charge in [-0.3, -0.25) is 0 Å². The second-order valence-corrected chi connectivity index (χ2v) is 3.85. The lowest BCUT2D eigenvalue weighted by Gasteiger charge is -2.09. The number of aromatic nitrogens is 1. The average molecular weight is 261 g/mol. The molecule has 0 fully saturated rings. The zero-order chi connectivity index (χ0) is 13.7. The number of hydrogen-bond donors (Lipinski definition) is 2. The molecule has 1 heterocycles. The van der Waals surface area contributed by atoms with Gasteiger partial charge in [0.1, 0.15) is 0 Å². The monoisotopic (exact) mass is 261 g/mol. The van der Waals surface area contributed by atoms with E-state index in [4.69, 9.17) is 15.0 Å². The van der Waals surface area contributed by atoms with Crippen LogP contribution in [0.25, 0.3) is 0 Å². The minimum atomic E-state index is -0.379. The van der Waals surface area contributed by atoms with E-state index >= 15 is 0 Å². The van der Waals surface area contributed by atoms with E-state index < -0.39 is 0 Å². The Bertz CT molecular complexity index is 552. The standard InChI is InChI=1S/C13H15N3O3/c1-2-18-13(17)9-3-4-12(11(14)7-9)15-8-10-5-6-16-19-10/h3-7,15H,2,8,14H2,1H3. The Hall–Kier alpha value is -2.50.